The molecule has 1 fully saturated rings. The van der Waals surface area contributed by atoms with Crippen molar-refractivity contribution >= 4 is 11.7 Å². The summed E-state index contributed by atoms with van der Waals surface area (Å²) in [5.41, 5.74) is -0.503. The summed E-state index contributed by atoms with van der Waals surface area (Å²) in [5, 5.41) is 20.9. The summed E-state index contributed by atoms with van der Waals surface area (Å²) >= 11 is 0. The molecule has 0 saturated heterocycles. The van der Waals surface area contributed by atoms with Gasteiger partial charge in [-0.15, -0.1) is 0 Å². The van der Waals surface area contributed by atoms with Crippen LogP contribution in [0.5, 0.6) is 0 Å². The highest BCUT2D eigenvalue weighted by atomic mass is 19.1. The van der Waals surface area contributed by atoms with Crippen molar-refractivity contribution in [3.05, 3.63) is 29.6 Å². The molecular weight excluding hydrogens is 223 g/mol. The Balaban J connectivity index is 2.30. The number of hydrogen-bond donors (Lipinski definition) is 2. The molecule has 0 heterocycles. The molecule has 2 N–H and O–H groups in total. The number of rotatable bonds is 3. The molecule has 0 amide bonds. The Hall–Kier alpha value is -2.09. The highest BCUT2D eigenvalue weighted by Gasteiger charge is 2.44. The van der Waals surface area contributed by atoms with Crippen molar-refractivity contribution in [1.29, 1.82) is 5.26 Å². The Morgan fingerprint density at radius 1 is 1.53 bits per heavy atom. The fraction of sp³-hybridized carbons (Fsp3) is 0.333. The van der Waals surface area contributed by atoms with Crippen LogP contribution in [0, 0.1) is 17.1 Å². The fourth-order valence-corrected chi connectivity index (χ4v) is 1.90. The molecule has 17 heavy (non-hydrogen) atoms. The van der Waals surface area contributed by atoms with E-state index in [1.165, 1.54) is 12.1 Å². The van der Waals surface area contributed by atoms with E-state index in [1.807, 2.05) is 6.07 Å². The van der Waals surface area contributed by atoms with Gasteiger partial charge in [0.1, 0.15) is 17.4 Å². The quantitative estimate of drug-likeness (QED) is 0.840. The van der Waals surface area contributed by atoms with Gasteiger partial charge in [-0.2, -0.15) is 5.26 Å². The van der Waals surface area contributed by atoms with E-state index in [9.17, 15) is 9.18 Å². The van der Waals surface area contributed by atoms with Crippen molar-refractivity contribution in [3.8, 4) is 6.07 Å². The number of nitrogens with one attached hydrogen (secondary N) is 1. The Morgan fingerprint density at radius 3 is 2.71 bits per heavy atom. The molecule has 0 aliphatic heterocycles. The molecule has 1 aliphatic rings. The second-order valence-electron chi connectivity index (χ2n) is 4.17. The Labute approximate surface area is 97.7 Å². The highest BCUT2D eigenvalue weighted by molar-refractivity contribution is 5.84. The number of halogens is 1. The second-order valence-corrected chi connectivity index (χ2v) is 4.17. The smallest absolute Gasteiger partial charge is 0.329 e. The number of anilines is 1. The lowest BCUT2D eigenvalue weighted by Gasteiger charge is -2.39. The largest absolute Gasteiger partial charge is 0.480 e. The van der Waals surface area contributed by atoms with Crippen LogP contribution in [-0.4, -0.2) is 16.6 Å². The Kier molecular flexibility index (Phi) is 2.72. The second kappa shape index (κ2) is 4.06. The lowest BCUT2D eigenvalue weighted by molar-refractivity contribution is -0.145. The first-order valence-electron chi connectivity index (χ1n) is 5.29. The predicted octanol–water partition coefficient (Wildman–Crippen LogP) is 2.12. The molecule has 0 unspecified atom stereocenters. The van der Waals surface area contributed by atoms with Gasteiger partial charge in [0.25, 0.3) is 0 Å². The maximum atomic E-state index is 12.9. The first-order chi connectivity index (χ1) is 8.07. The fourth-order valence-electron chi connectivity index (χ4n) is 1.90. The maximum Gasteiger partial charge on any atom is 0.329 e. The minimum atomic E-state index is -0.997. The molecular formula is C12H11FN2O2. The average Bonchev–Trinajstić information content (AvgIpc) is 2.24. The average molecular weight is 234 g/mol. The molecule has 1 aromatic carbocycles. The molecule has 4 nitrogen and oxygen atoms in total. The summed E-state index contributed by atoms with van der Waals surface area (Å²) < 4.78 is 12.9. The topological polar surface area (TPSA) is 73.1 Å². The van der Waals surface area contributed by atoms with Gasteiger partial charge in [0, 0.05) is 0 Å². The lowest BCUT2D eigenvalue weighted by Crippen LogP contribution is -2.52. The Bertz CT molecular complexity index is 504. The third-order valence-corrected chi connectivity index (χ3v) is 3.09. The van der Waals surface area contributed by atoms with Crippen LogP contribution in [0.2, 0.25) is 0 Å². The molecule has 2 rings (SSSR count). The first-order valence-corrected chi connectivity index (χ1v) is 5.29. The zero-order valence-corrected chi connectivity index (χ0v) is 9.03. The molecule has 5 heteroatoms. The van der Waals surface area contributed by atoms with Crippen LogP contribution in [0.1, 0.15) is 24.8 Å². The monoisotopic (exact) mass is 234 g/mol. The van der Waals surface area contributed by atoms with Gasteiger partial charge in [-0.25, -0.2) is 9.18 Å². The number of hydrogen-bond acceptors (Lipinski definition) is 3. The molecule has 1 saturated carbocycles. The van der Waals surface area contributed by atoms with Crippen molar-refractivity contribution in [1.82, 2.24) is 0 Å². The summed E-state index contributed by atoms with van der Waals surface area (Å²) in [6.45, 7) is 0. The maximum absolute atomic E-state index is 12.9. The number of benzene rings is 1. The van der Waals surface area contributed by atoms with E-state index in [0.29, 0.717) is 18.5 Å². The summed E-state index contributed by atoms with van der Waals surface area (Å²) in [4.78, 5) is 11.2. The van der Waals surface area contributed by atoms with Crippen molar-refractivity contribution < 1.29 is 14.3 Å². The third-order valence-electron chi connectivity index (χ3n) is 3.09. The van der Waals surface area contributed by atoms with Crippen molar-refractivity contribution in [2.24, 2.45) is 0 Å². The normalized spacial score (nSPS) is 16.7. The third kappa shape index (κ3) is 1.94. The zero-order valence-electron chi connectivity index (χ0n) is 9.03. The van der Waals surface area contributed by atoms with Crippen molar-refractivity contribution in [2.45, 2.75) is 24.8 Å². The summed E-state index contributed by atoms with van der Waals surface area (Å²) in [6.07, 6.45) is 1.87. The van der Waals surface area contributed by atoms with Gasteiger partial charge >= 0.3 is 5.97 Å². The van der Waals surface area contributed by atoms with Crippen LogP contribution >= 0.6 is 0 Å². The minimum Gasteiger partial charge on any atom is -0.480 e. The SMILES string of the molecule is N#Cc1cc(F)ccc1NC1(C(=O)O)CCC1. The standard InChI is InChI=1S/C12H11FN2O2/c13-9-2-3-10(8(6-9)7-14)15-12(11(16)17)4-1-5-12/h2-3,6,15H,1,4-5H2,(H,16,17). The van der Waals surface area contributed by atoms with Crippen LogP contribution < -0.4 is 5.32 Å². The zero-order chi connectivity index (χ0) is 12.5. The van der Waals surface area contributed by atoms with Gasteiger partial charge < -0.3 is 10.4 Å². The van der Waals surface area contributed by atoms with Gasteiger partial charge in [0.15, 0.2) is 0 Å². The van der Waals surface area contributed by atoms with Crippen LogP contribution in [0.15, 0.2) is 18.2 Å². The van der Waals surface area contributed by atoms with Crippen LogP contribution in [0.3, 0.4) is 0 Å². The summed E-state index contributed by atoms with van der Waals surface area (Å²) in [5.74, 6) is -1.44. The molecule has 0 spiro atoms. The summed E-state index contributed by atoms with van der Waals surface area (Å²) in [7, 11) is 0. The molecule has 0 radical (unpaired) electrons. The predicted molar refractivity (Wildman–Crippen MR) is 59.0 cm³/mol. The van der Waals surface area contributed by atoms with E-state index >= 15 is 0 Å². The molecule has 0 atom stereocenters. The molecule has 0 bridgehead atoms. The van der Waals surface area contributed by atoms with Gasteiger partial charge in [0.2, 0.25) is 0 Å². The number of nitrogens with zero attached hydrogens (tertiary/aromatic N) is 1. The molecule has 0 aromatic heterocycles. The number of carboxylic acid groups (broad SMARTS) is 1. The number of carbonyl (C=O) groups is 1. The summed E-state index contributed by atoms with van der Waals surface area (Å²) in [6, 6.07) is 5.55. The Morgan fingerprint density at radius 2 is 2.24 bits per heavy atom. The lowest BCUT2D eigenvalue weighted by atomic mass is 9.76. The van der Waals surface area contributed by atoms with Crippen LogP contribution in [0.25, 0.3) is 0 Å². The van der Waals surface area contributed by atoms with E-state index in [0.717, 1.165) is 12.5 Å². The number of nitriles is 1. The highest BCUT2D eigenvalue weighted by Crippen LogP contribution is 2.36. The van der Waals surface area contributed by atoms with E-state index in [4.69, 9.17) is 10.4 Å². The van der Waals surface area contributed by atoms with Crippen molar-refractivity contribution in [3.63, 3.8) is 0 Å². The number of aliphatic carboxylic acids is 1. The van der Waals surface area contributed by atoms with Gasteiger partial charge in [0.05, 0.1) is 11.3 Å². The van der Waals surface area contributed by atoms with E-state index < -0.39 is 17.3 Å². The minimum absolute atomic E-state index is 0.123. The van der Waals surface area contributed by atoms with E-state index in [2.05, 4.69) is 5.32 Å². The van der Waals surface area contributed by atoms with Crippen molar-refractivity contribution in [2.75, 3.05) is 5.32 Å². The first kappa shape index (κ1) is 11.4. The van der Waals surface area contributed by atoms with E-state index in [1.54, 1.807) is 0 Å². The molecule has 1 aliphatic carbocycles. The number of carboxylic acids is 1. The van der Waals surface area contributed by atoms with Gasteiger partial charge in [-0.05, 0) is 37.5 Å². The van der Waals surface area contributed by atoms with Crippen LogP contribution in [-0.2, 0) is 4.79 Å². The molecule has 1 aromatic rings. The molecule has 88 valence electrons. The van der Waals surface area contributed by atoms with Gasteiger partial charge in [-0.1, -0.05) is 0 Å². The van der Waals surface area contributed by atoms with E-state index in [-0.39, 0.29) is 5.56 Å². The van der Waals surface area contributed by atoms with Crippen LogP contribution in [0.4, 0.5) is 10.1 Å². The van der Waals surface area contributed by atoms with Gasteiger partial charge in [-0.3, -0.25) is 0 Å².